The minimum absolute atomic E-state index is 0.254. The van der Waals surface area contributed by atoms with Crippen LogP contribution in [0, 0.1) is 0 Å². The van der Waals surface area contributed by atoms with Crippen LogP contribution in [-0.4, -0.2) is 20.2 Å². The van der Waals surface area contributed by atoms with Crippen molar-refractivity contribution in [3.05, 3.63) is 0 Å². The van der Waals surface area contributed by atoms with Gasteiger partial charge in [0.1, 0.15) is 0 Å². The summed E-state index contributed by atoms with van der Waals surface area (Å²) in [5, 5.41) is 0. The lowest BCUT2D eigenvalue weighted by Crippen LogP contribution is -2.27. The second-order valence-corrected chi connectivity index (χ2v) is 2.60. The van der Waals surface area contributed by atoms with Crippen molar-refractivity contribution >= 4 is 13.1 Å². The van der Waals surface area contributed by atoms with Gasteiger partial charge >= 0.3 is 7.12 Å². The van der Waals surface area contributed by atoms with Crippen molar-refractivity contribution < 1.29 is 14.1 Å². The molecular weight excluding hydrogens is 143 g/mol. The minimum atomic E-state index is -0.391. The van der Waals surface area contributed by atoms with Gasteiger partial charge in [-0.25, -0.2) is 0 Å². The Balaban J connectivity index is 3.84. The van der Waals surface area contributed by atoms with E-state index < -0.39 is 7.12 Å². The summed E-state index contributed by atoms with van der Waals surface area (Å²) in [5.74, 6) is -0.0407. The van der Waals surface area contributed by atoms with Gasteiger partial charge < -0.3 is 9.31 Å². The van der Waals surface area contributed by atoms with Crippen molar-refractivity contribution in [1.29, 1.82) is 0 Å². The van der Waals surface area contributed by atoms with Crippen LogP contribution in [0.4, 0.5) is 0 Å². The molecule has 64 valence electrons. The lowest BCUT2D eigenvalue weighted by molar-refractivity contribution is -0.133. The van der Waals surface area contributed by atoms with Crippen LogP contribution in [0.5, 0.6) is 0 Å². The van der Waals surface area contributed by atoms with Crippen molar-refractivity contribution in [3.8, 4) is 0 Å². The van der Waals surface area contributed by atoms with Gasteiger partial charge in [0.05, 0.1) is 0 Å². The number of carbonyl (C=O) groups excluding carboxylic acids is 1. The van der Waals surface area contributed by atoms with Crippen LogP contribution in [-0.2, 0) is 14.1 Å². The van der Waals surface area contributed by atoms with E-state index in [1.54, 1.807) is 7.11 Å². The molecule has 1 unspecified atom stereocenters. The Morgan fingerprint density at radius 2 is 2.18 bits per heavy atom. The van der Waals surface area contributed by atoms with Crippen molar-refractivity contribution in [2.45, 2.75) is 33.0 Å². The van der Waals surface area contributed by atoms with Gasteiger partial charge in [0.2, 0.25) is 0 Å². The summed E-state index contributed by atoms with van der Waals surface area (Å²) in [5.41, 5.74) is 0. The first-order chi connectivity index (χ1) is 5.11. The molecule has 0 aromatic rings. The van der Waals surface area contributed by atoms with Crippen molar-refractivity contribution in [2.75, 3.05) is 7.11 Å². The molecule has 0 fully saturated rings. The molecule has 0 aliphatic carbocycles. The summed E-state index contributed by atoms with van der Waals surface area (Å²) in [6.07, 6.45) is 0.936. The van der Waals surface area contributed by atoms with E-state index in [4.69, 9.17) is 9.31 Å². The molecule has 0 aliphatic heterocycles. The van der Waals surface area contributed by atoms with E-state index in [1.165, 1.54) is 6.92 Å². The normalized spacial score (nSPS) is 12.4. The van der Waals surface area contributed by atoms with Gasteiger partial charge in [-0.3, -0.25) is 4.79 Å². The average Bonchev–Trinajstić information content (AvgIpc) is 1.98. The topological polar surface area (TPSA) is 35.5 Å². The Morgan fingerprint density at radius 1 is 1.64 bits per heavy atom. The first kappa shape index (κ1) is 10.5. The third-order valence-corrected chi connectivity index (χ3v) is 1.62. The quantitative estimate of drug-likeness (QED) is 0.581. The molecule has 0 aliphatic rings. The molecule has 0 saturated carbocycles. The summed E-state index contributed by atoms with van der Waals surface area (Å²) < 4.78 is 9.86. The van der Waals surface area contributed by atoms with Crippen LogP contribution >= 0.6 is 0 Å². The van der Waals surface area contributed by atoms with E-state index in [9.17, 15) is 4.79 Å². The Kier molecular flexibility index (Phi) is 4.95. The molecule has 0 bridgehead atoms. The maximum absolute atomic E-state index is 10.5. The summed E-state index contributed by atoms with van der Waals surface area (Å²) in [7, 11) is 1.15. The molecule has 4 heteroatoms. The van der Waals surface area contributed by atoms with Crippen LogP contribution in [0.3, 0.4) is 0 Å². The molecule has 0 radical (unpaired) electrons. The van der Waals surface area contributed by atoms with Crippen LogP contribution in [0.2, 0.25) is 5.82 Å². The zero-order valence-electron chi connectivity index (χ0n) is 7.59. The maximum Gasteiger partial charge on any atom is 0.530 e. The van der Waals surface area contributed by atoms with E-state index in [2.05, 4.69) is 0 Å². The van der Waals surface area contributed by atoms with E-state index >= 15 is 0 Å². The van der Waals surface area contributed by atoms with E-state index in [0.717, 1.165) is 6.42 Å². The van der Waals surface area contributed by atoms with Crippen molar-refractivity contribution in [1.82, 2.24) is 0 Å². The number of carbonyl (C=O) groups is 1. The van der Waals surface area contributed by atoms with Gasteiger partial charge in [-0.2, -0.15) is 0 Å². The molecule has 0 spiro atoms. The molecule has 0 saturated heterocycles. The number of hydrogen-bond donors (Lipinski definition) is 0. The predicted octanol–water partition coefficient (Wildman–Crippen LogP) is 1.48. The first-order valence-electron chi connectivity index (χ1n) is 3.81. The summed E-state index contributed by atoms with van der Waals surface area (Å²) in [6, 6.07) is 0. The maximum atomic E-state index is 10.5. The van der Waals surface area contributed by atoms with Gasteiger partial charge in [0.25, 0.3) is 5.97 Å². The van der Waals surface area contributed by atoms with Gasteiger partial charge in [0, 0.05) is 19.9 Å². The van der Waals surface area contributed by atoms with Gasteiger partial charge in [-0.15, -0.1) is 0 Å². The Morgan fingerprint density at radius 3 is 2.45 bits per heavy atom. The Bertz CT molecular complexity index is 127. The zero-order chi connectivity index (χ0) is 8.85. The molecule has 3 nitrogen and oxygen atoms in total. The second-order valence-electron chi connectivity index (χ2n) is 2.60. The molecule has 0 rings (SSSR count). The highest BCUT2D eigenvalue weighted by Crippen LogP contribution is 2.14. The van der Waals surface area contributed by atoms with Crippen LogP contribution in [0.15, 0.2) is 0 Å². The number of hydrogen-bond acceptors (Lipinski definition) is 3. The van der Waals surface area contributed by atoms with Crippen LogP contribution in [0.25, 0.3) is 0 Å². The average molecular weight is 158 g/mol. The predicted molar refractivity (Wildman–Crippen MR) is 44.2 cm³/mol. The first-order valence-corrected chi connectivity index (χ1v) is 3.81. The standard InChI is InChI=1S/C7H15BO3/c1-5-6(2)8(10-4)11-7(3)9/h6H,5H2,1-4H3. The Labute approximate surface area is 68.2 Å². The van der Waals surface area contributed by atoms with Crippen LogP contribution in [0.1, 0.15) is 27.2 Å². The minimum Gasteiger partial charge on any atom is -0.510 e. The summed E-state index contributed by atoms with van der Waals surface area (Å²) in [6.45, 7) is 5.39. The smallest absolute Gasteiger partial charge is 0.510 e. The summed E-state index contributed by atoms with van der Waals surface area (Å²) >= 11 is 0. The van der Waals surface area contributed by atoms with Crippen LogP contribution < -0.4 is 0 Å². The van der Waals surface area contributed by atoms with Crippen molar-refractivity contribution in [3.63, 3.8) is 0 Å². The Hall–Kier alpha value is -0.505. The van der Waals surface area contributed by atoms with Gasteiger partial charge in [-0.05, 0) is 0 Å². The molecular formula is C7H15BO3. The monoisotopic (exact) mass is 158 g/mol. The highest BCUT2D eigenvalue weighted by Gasteiger charge is 2.26. The van der Waals surface area contributed by atoms with E-state index in [1.807, 2.05) is 13.8 Å². The fourth-order valence-corrected chi connectivity index (χ4v) is 0.753. The number of rotatable bonds is 4. The molecule has 0 heterocycles. The largest absolute Gasteiger partial charge is 0.530 e. The fraction of sp³-hybridized carbons (Fsp3) is 0.857. The molecule has 1 atom stereocenters. The summed E-state index contributed by atoms with van der Waals surface area (Å²) in [4.78, 5) is 10.5. The zero-order valence-corrected chi connectivity index (χ0v) is 7.59. The lowest BCUT2D eigenvalue weighted by atomic mass is 9.71. The third-order valence-electron chi connectivity index (χ3n) is 1.62. The second kappa shape index (κ2) is 5.19. The molecule has 0 amide bonds. The highest BCUT2D eigenvalue weighted by atomic mass is 16.6. The fourth-order valence-electron chi connectivity index (χ4n) is 0.753. The molecule has 0 N–H and O–H groups in total. The SMILES string of the molecule is CCC(C)B(OC)OC(C)=O. The third kappa shape index (κ3) is 4.04. The van der Waals surface area contributed by atoms with Gasteiger partial charge in [0.15, 0.2) is 0 Å². The van der Waals surface area contributed by atoms with E-state index in [0.29, 0.717) is 0 Å². The van der Waals surface area contributed by atoms with E-state index in [-0.39, 0.29) is 11.8 Å². The lowest BCUT2D eigenvalue weighted by Gasteiger charge is -2.15. The van der Waals surface area contributed by atoms with Gasteiger partial charge in [-0.1, -0.05) is 20.3 Å². The highest BCUT2D eigenvalue weighted by molar-refractivity contribution is 6.48. The van der Waals surface area contributed by atoms with Crippen molar-refractivity contribution in [2.24, 2.45) is 0 Å². The molecule has 0 aromatic carbocycles. The molecule has 11 heavy (non-hydrogen) atoms. The molecule has 0 aromatic heterocycles.